The SMILES string of the molecule is Cl.O=C(CCC1CCNCC1)N1CCC(OC2CCCC2)CC1. The van der Waals surface area contributed by atoms with Crippen molar-refractivity contribution in [2.75, 3.05) is 26.2 Å². The Labute approximate surface area is 147 Å². The van der Waals surface area contributed by atoms with E-state index in [0.717, 1.165) is 57.8 Å². The zero-order valence-electron chi connectivity index (χ0n) is 14.3. The Balaban J connectivity index is 0.00000192. The van der Waals surface area contributed by atoms with Gasteiger partial charge < -0.3 is 15.0 Å². The van der Waals surface area contributed by atoms with Crippen LogP contribution in [0, 0.1) is 5.92 Å². The van der Waals surface area contributed by atoms with Crippen LogP contribution in [-0.2, 0) is 9.53 Å². The molecule has 23 heavy (non-hydrogen) atoms. The summed E-state index contributed by atoms with van der Waals surface area (Å²) >= 11 is 0. The highest BCUT2D eigenvalue weighted by atomic mass is 35.5. The third kappa shape index (κ3) is 5.91. The minimum absolute atomic E-state index is 0. The van der Waals surface area contributed by atoms with Crippen molar-refractivity contribution in [3.8, 4) is 0 Å². The second-order valence-corrected chi connectivity index (χ2v) is 7.35. The van der Waals surface area contributed by atoms with Crippen LogP contribution in [0.2, 0.25) is 0 Å². The van der Waals surface area contributed by atoms with Gasteiger partial charge in [0.1, 0.15) is 0 Å². The predicted octanol–water partition coefficient (Wildman–Crippen LogP) is 3.14. The van der Waals surface area contributed by atoms with Crippen LogP contribution >= 0.6 is 12.4 Å². The molecule has 0 atom stereocenters. The van der Waals surface area contributed by atoms with Gasteiger partial charge in [-0.1, -0.05) is 12.8 Å². The Kier molecular flexibility index (Phi) is 8.14. The first-order chi connectivity index (χ1) is 10.8. The highest BCUT2D eigenvalue weighted by Crippen LogP contribution is 2.26. The van der Waals surface area contributed by atoms with Crippen molar-refractivity contribution in [3.05, 3.63) is 0 Å². The number of likely N-dealkylation sites (tertiary alicyclic amines) is 1. The molecule has 4 nitrogen and oxygen atoms in total. The van der Waals surface area contributed by atoms with Crippen LogP contribution in [0.5, 0.6) is 0 Å². The summed E-state index contributed by atoms with van der Waals surface area (Å²) in [6, 6.07) is 0. The lowest BCUT2D eigenvalue weighted by molar-refractivity contribution is -0.135. The number of carbonyl (C=O) groups excluding carboxylic acids is 1. The molecular weight excluding hydrogens is 312 g/mol. The van der Waals surface area contributed by atoms with Gasteiger partial charge in [-0.3, -0.25) is 4.79 Å². The van der Waals surface area contributed by atoms with Crippen LogP contribution in [0.15, 0.2) is 0 Å². The average Bonchev–Trinajstić information content (AvgIpc) is 3.07. The van der Waals surface area contributed by atoms with Gasteiger partial charge in [0.15, 0.2) is 0 Å². The molecular formula is C18H33ClN2O2. The Morgan fingerprint density at radius 3 is 2.22 bits per heavy atom. The van der Waals surface area contributed by atoms with Gasteiger partial charge in [0.05, 0.1) is 12.2 Å². The average molecular weight is 345 g/mol. The maximum atomic E-state index is 12.4. The number of rotatable bonds is 5. The molecule has 1 amide bonds. The number of nitrogens with one attached hydrogen (secondary N) is 1. The van der Waals surface area contributed by atoms with E-state index >= 15 is 0 Å². The Hall–Kier alpha value is -0.320. The molecule has 3 rings (SSSR count). The van der Waals surface area contributed by atoms with Gasteiger partial charge in [0.25, 0.3) is 0 Å². The number of piperidine rings is 2. The zero-order valence-corrected chi connectivity index (χ0v) is 15.1. The topological polar surface area (TPSA) is 41.6 Å². The highest BCUT2D eigenvalue weighted by molar-refractivity contribution is 5.85. The van der Waals surface area contributed by atoms with Crippen molar-refractivity contribution < 1.29 is 9.53 Å². The molecule has 0 aromatic carbocycles. The summed E-state index contributed by atoms with van der Waals surface area (Å²) in [5.74, 6) is 1.13. The van der Waals surface area contributed by atoms with Crippen molar-refractivity contribution >= 4 is 18.3 Å². The molecule has 0 aromatic heterocycles. The van der Waals surface area contributed by atoms with Crippen molar-refractivity contribution in [1.82, 2.24) is 10.2 Å². The van der Waals surface area contributed by atoms with E-state index in [1.165, 1.54) is 38.5 Å². The van der Waals surface area contributed by atoms with E-state index in [-0.39, 0.29) is 12.4 Å². The summed E-state index contributed by atoms with van der Waals surface area (Å²) in [7, 11) is 0. The molecule has 0 unspecified atom stereocenters. The van der Waals surface area contributed by atoms with Crippen LogP contribution in [0.1, 0.15) is 64.2 Å². The van der Waals surface area contributed by atoms with Gasteiger partial charge >= 0.3 is 0 Å². The van der Waals surface area contributed by atoms with E-state index in [4.69, 9.17) is 4.74 Å². The Morgan fingerprint density at radius 2 is 1.57 bits per heavy atom. The molecule has 3 aliphatic rings. The first-order valence-corrected chi connectivity index (χ1v) is 9.45. The highest BCUT2D eigenvalue weighted by Gasteiger charge is 2.27. The van der Waals surface area contributed by atoms with E-state index in [0.29, 0.717) is 18.1 Å². The van der Waals surface area contributed by atoms with Crippen molar-refractivity contribution in [3.63, 3.8) is 0 Å². The van der Waals surface area contributed by atoms with E-state index in [2.05, 4.69) is 10.2 Å². The smallest absolute Gasteiger partial charge is 0.222 e. The summed E-state index contributed by atoms with van der Waals surface area (Å²) in [6.45, 7) is 4.07. The van der Waals surface area contributed by atoms with Crippen LogP contribution < -0.4 is 5.32 Å². The summed E-state index contributed by atoms with van der Waals surface area (Å²) in [4.78, 5) is 14.4. The molecule has 2 heterocycles. The van der Waals surface area contributed by atoms with Gasteiger partial charge in [-0.25, -0.2) is 0 Å². The van der Waals surface area contributed by atoms with Gasteiger partial charge in [-0.15, -0.1) is 12.4 Å². The lowest BCUT2D eigenvalue weighted by Gasteiger charge is -2.33. The quantitative estimate of drug-likeness (QED) is 0.833. The van der Waals surface area contributed by atoms with Gasteiger partial charge in [-0.05, 0) is 64.0 Å². The molecule has 1 N–H and O–H groups in total. The normalized spacial score (nSPS) is 24.6. The molecule has 0 radical (unpaired) electrons. The van der Waals surface area contributed by atoms with E-state index in [1.807, 2.05) is 0 Å². The molecule has 1 aliphatic carbocycles. The maximum absolute atomic E-state index is 12.4. The molecule has 0 spiro atoms. The number of carbonyl (C=O) groups is 1. The number of hydrogen-bond donors (Lipinski definition) is 1. The van der Waals surface area contributed by atoms with Crippen molar-refractivity contribution in [1.29, 1.82) is 0 Å². The van der Waals surface area contributed by atoms with Gasteiger partial charge in [-0.2, -0.15) is 0 Å². The fraction of sp³-hybridized carbons (Fsp3) is 0.944. The van der Waals surface area contributed by atoms with Crippen LogP contribution in [0.25, 0.3) is 0 Å². The van der Waals surface area contributed by atoms with Gasteiger partial charge in [0, 0.05) is 19.5 Å². The van der Waals surface area contributed by atoms with Crippen molar-refractivity contribution in [2.45, 2.75) is 76.4 Å². The third-order valence-corrected chi connectivity index (χ3v) is 5.71. The fourth-order valence-corrected chi connectivity index (χ4v) is 4.19. The molecule has 2 saturated heterocycles. The maximum Gasteiger partial charge on any atom is 0.222 e. The number of amides is 1. The molecule has 3 fully saturated rings. The lowest BCUT2D eigenvalue weighted by atomic mass is 9.93. The first-order valence-electron chi connectivity index (χ1n) is 9.45. The number of ether oxygens (including phenoxy) is 1. The summed E-state index contributed by atoms with van der Waals surface area (Å²) in [5.41, 5.74) is 0. The van der Waals surface area contributed by atoms with Gasteiger partial charge in [0.2, 0.25) is 5.91 Å². The second-order valence-electron chi connectivity index (χ2n) is 7.35. The lowest BCUT2D eigenvalue weighted by Crippen LogP contribution is -2.41. The predicted molar refractivity (Wildman–Crippen MR) is 95.0 cm³/mol. The molecule has 5 heteroatoms. The molecule has 134 valence electrons. The van der Waals surface area contributed by atoms with Crippen molar-refractivity contribution in [2.24, 2.45) is 5.92 Å². The van der Waals surface area contributed by atoms with E-state index in [1.54, 1.807) is 0 Å². The Bertz CT molecular complexity index is 347. The first kappa shape index (κ1) is 19.0. The standard InChI is InChI=1S/C18H32N2O2.ClH/c21-18(6-5-15-7-11-19-12-8-15)20-13-9-17(10-14-20)22-16-3-1-2-4-16;/h15-17,19H,1-14H2;1H. The molecule has 0 bridgehead atoms. The fourth-order valence-electron chi connectivity index (χ4n) is 4.19. The second kappa shape index (κ2) is 9.85. The number of hydrogen-bond acceptors (Lipinski definition) is 3. The Morgan fingerprint density at radius 1 is 0.957 bits per heavy atom. The number of nitrogens with zero attached hydrogens (tertiary/aromatic N) is 1. The monoisotopic (exact) mass is 344 g/mol. The zero-order chi connectivity index (χ0) is 15.2. The molecule has 2 aliphatic heterocycles. The minimum Gasteiger partial charge on any atom is -0.375 e. The summed E-state index contributed by atoms with van der Waals surface area (Å²) in [5, 5.41) is 3.39. The van der Waals surface area contributed by atoms with E-state index in [9.17, 15) is 4.79 Å². The summed E-state index contributed by atoms with van der Waals surface area (Å²) < 4.78 is 6.19. The van der Waals surface area contributed by atoms with Crippen LogP contribution in [0.3, 0.4) is 0 Å². The van der Waals surface area contributed by atoms with Crippen LogP contribution in [0.4, 0.5) is 0 Å². The largest absolute Gasteiger partial charge is 0.375 e. The summed E-state index contributed by atoms with van der Waals surface area (Å²) in [6.07, 6.45) is 12.4. The molecule has 1 saturated carbocycles. The molecule has 0 aromatic rings. The van der Waals surface area contributed by atoms with E-state index < -0.39 is 0 Å². The van der Waals surface area contributed by atoms with Crippen LogP contribution in [-0.4, -0.2) is 49.2 Å². The minimum atomic E-state index is 0. The number of halogens is 1. The third-order valence-electron chi connectivity index (χ3n) is 5.71.